The SMILES string of the molecule is CC(C)C(=O)Nc1nc(CC(=O)NC2CCC(N)CC2)cs1. The molecule has 0 spiro atoms. The molecule has 1 aliphatic rings. The Balaban J connectivity index is 1.79. The van der Waals surface area contributed by atoms with E-state index in [9.17, 15) is 9.59 Å². The molecular formula is C15H24N4O2S. The molecule has 0 aromatic carbocycles. The fourth-order valence-corrected chi connectivity index (χ4v) is 3.12. The van der Waals surface area contributed by atoms with Crippen molar-refractivity contribution in [3.05, 3.63) is 11.1 Å². The van der Waals surface area contributed by atoms with Gasteiger partial charge in [-0.2, -0.15) is 0 Å². The first-order chi connectivity index (χ1) is 10.4. The molecule has 0 radical (unpaired) electrons. The monoisotopic (exact) mass is 324 g/mol. The highest BCUT2D eigenvalue weighted by molar-refractivity contribution is 7.13. The van der Waals surface area contributed by atoms with Crippen molar-refractivity contribution in [2.24, 2.45) is 11.7 Å². The van der Waals surface area contributed by atoms with Gasteiger partial charge in [-0.05, 0) is 25.7 Å². The minimum atomic E-state index is -0.0895. The molecule has 0 aliphatic heterocycles. The molecule has 7 heteroatoms. The predicted molar refractivity (Wildman–Crippen MR) is 87.7 cm³/mol. The van der Waals surface area contributed by atoms with Gasteiger partial charge >= 0.3 is 0 Å². The number of hydrogen-bond donors (Lipinski definition) is 3. The maximum atomic E-state index is 12.0. The van der Waals surface area contributed by atoms with Gasteiger partial charge in [-0.1, -0.05) is 13.8 Å². The van der Waals surface area contributed by atoms with Gasteiger partial charge in [0.15, 0.2) is 5.13 Å². The summed E-state index contributed by atoms with van der Waals surface area (Å²) in [6, 6.07) is 0.505. The Bertz CT molecular complexity index is 521. The van der Waals surface area contributed by atoms with Crippen LogP contribution in [0.3, 0.4) is 0 Å². The lowest BCUT2D eigenvalue weighted by molar-refractivity contribution is -0.121. The summed E-state index contributed by atoms with van der Waals surface area (Å²) < 4.78 is 0. The van der Waals surface area contributed by atoms with Crippen molar-refractivity contribution in [1.29, 1.82) is 0 Å². The fraction of sp³-hybridized carbons (Fsp3) is 0.667. The molecule has 1 aliphatic carbocycles. The molecular weight excluding hydrogens is 300 g/mol. The van der Waals surface area contributed by atoms with E-state index in [0.29, 0.717) is 10.8 Å². The summed E-state index contributed by atoms with van der Waals surface area (Å²) in [7, 11) is 0. The van der Waals surface area contributed by atoms with Gasteiger partial charge in [0.25, 0.3) is 0 Å². The average Bonchev–Trinajstić information content (AvgIpc) is 2.88. The molecule has 4 N–H and O–H groups in total. The van der Waals surface area contributed by atoms with Crippen molar-refractivity contribution < 1.29 is 9.59 Å². The van der Waals surface area contributed by atoms with Gasteiger partial charge in [0.05, 0.1) is 12.1 Å². The van der Waals surface area contributed by atoms with E-state index in [0.717, 1.165) is 25.7 Å². The van der Waals surface area contributed by atoms with Crippen LogP contribution in [0.4, 0.5) is 5.13 Å². The van der Waals surface area contributed by atoms with E-state index in [4.69, 9.17) is 5.73 Å². The minimum absolute atomic E-state index is 0.0208. The van der Waals surface area contributed by atoms with Crippen LogP contribution in [0.5, 0.6) is 0 Å². The molecule has 0 bridgehead atoms. The molecule has 1 aromatic rings. The van der Waals surface area contributed by atoms with E-state index in [1.165, 1.54) is 11.3 Å². The molecule has 0 atom stereocenters. The topological polar surface area (TPSA) is 97.1 Å². The van der Waals surface area contributed by atoms with Crippen molar-refractivity contribution in [3.63, 3.8) is 0 Å². The largest absolute Gasteiger partial charge is 0.353 e. The van der Waals surface area contributed by atoms with Gasteiger partial charge in [-0.25, -0.2) is 4.98 Å². The Hall–Kier alpha value is -1.47. The summed E-state index contributed by atoms with van der Waals surface area (Å²) >= 11 is 1.34. The van der Waals surface area contributed by atoms with Gasteiger partial charge in [0.2, 0.25) is 11.8 Å². The zero-order chi connectivity index (χ0) is 16.1. The third-order valence-corrected chi connectivity index (χ3v) is 4.59. The Labute approximate surface area is 134 Å². The number of carbonyl (C=O) groups excluding carboxylic acids is 2. The summed E-state index contributed by atoms with van der Waals surface area (Å²) in [5, 5.41) is 8.14. The summed E-state index contributed by atoms with van der Waals surface area (Å²) in [5.41, 5.74) is 6.55. The van der Waals surface area contributed by atoms with Gasteiger partial charge in [-0.3, -0.25) is 9.59 Å². The second kappa shape index (κ2) is 7.69. The molecule has 1 fully saturated rings. The lowest BCUT2D eigenvalue weighted by Crippen LogP contribution is -2.41. The molecule has 122 valence electrons. The Morgan fingerprint density at radius 1 is 1.36 bits per heavy atom. The maximum absolute atomic E-state index is 12.0. The number of nitrogens with two attached hydrogens (primary N) is 1. The Morgan fingerprint density at radius 3 is 2.68 bits per heavy atom. The van der Waals surface area contributed by atoms with E-state index in [-0.39, 0.29) is 36.2 Å². The third-order valence-electron chi connectivity index (χ3n) is 3.78. The molecule has 1 heterocycles. The van der Waals surface area contributed by atoms with Gasteiger partial charge in [0, 0.05) is 23.4 Å². The number of nitrogens with zero attached hydrogens (tertiary/aromatic N) is 1. The normalized spacial score (nSPS) is 21.6. The first-order valence-corrected chi connectivity index (χ1v) is 8.62. The highest BCUT2D eigenvalue weighted by Crippen LogP contribution is 2.18. The van der Waals surface area contributed by atoms with Crippen LogP contribution in [-0.2, 0) is 16.0 Å². The summed E-state index contributed by atoms with van der Waals surface area (Å²) in [5.74, 6) is -0.176. The smallest absolute Gasteiger partial charge is 0.228 e. The molecule has 1 saturated carbocycles. The van der Waals surface area contributed by atoms with Crippen molar-refractivity contribution in [2.75, 3.05) is 5.32 Å². The molecule has 2 amide bonds. The van der Waals surface area contributed by atoms with E-state index in [2.05, 4.69) is 15.6 Å². The number of carbonyl (C=O) groups is 2. The minimum Gasteiger partial charge on any atom is -0.353 e. The molecule has 2 rings (SSSR count). The Morgan fingerprint density at radius 2 is 2.05 bits per heavy atom. The van der Waals surface area contributed by atoms with Crippen LogP contribution in [0.2, 0.25) is 0 Å². The number of rotatable bonds is 5. The highest BCUT2D eigenvalue weighted by Gasteiger charge is 2.20. The summed E-state index contributed by atoms with van der Waals surface area (Å²) in [6.07, 6.45) is 4.07. The second-order valence-electron chi connectivity index (χ2n) is 6.14. The van der Waals surface area contributed by atoms with Gasteiger partial charge in [0.1, 0.15) is 0 Å². The second-order valence-corrected chi connectivity index (χ2v) is 7.00. The number of aromatic nitrogens is 1. The fourth-order valence-electron chi connectivity index (χ4n) is 2.40. The van der Waals surface area contributed by atoms with E-state index < -0.39 is 0 Å². The van der Waals surface area contributed by atoms with Crippen molar-refractivity contribution in [3.8, 4) is 0 Å². The lowest BCUT2D eigenvalue weighted by Gasteiger charge is -2.26. The first kappa shape index (κ1) is 16.9. The standard InChI is InChI=1S/C15H24N4O2S/c1-9(2)14(21)19-15-18-12(8-22-15)7-13(20)17-11-5-3-10(16)4-6-11/h8-11H,3-7,16H2,1-2H3,(H,17,20)(H,18,19,21). The molecule has 22 heavy (non-hydrogen) atoms. The van der Waals surface area contributed by atoms with Crippen LogP contribution in [0, 0.1) is 5.92 Å². The van der Waals surface area contributed by atoms with Crippen molar-refractivity contribution >= 4 is 28.3 Å². The van der Waals surface area contributed by atoms with Crippen LogP contribution >= 0.6 is 11.3 Å². The number of hydrogen-bond acceptors (Lipinski definition) is 5. The number of nitrogens with one attached hydrogen (secondary N) is 2. The Kier molecular flexibility index (Phi) is 5.90. The third kappa shape index (κ3) is 5.06. The number of thiazole rings is 1. The highest BCUT2D eigenvalue weighted by atomic mass is 32.1. The number of anilines is 1. The molecule has 0 unspecified atom stereocenters. The predicted octanol–water partition coefficient (Wildman–Crippen LogP) is 1.67. The van der Waals surface area contributed by atoms with Gasteiger partial charge < -0.3 is 16.4 Å². The van der Waals surface area contributed by atoms with E-state index in [1.54, 1.807) is 0 Å². The van der Waals surface area contributed by atoms with Crippen molar-refractivity contribution in [1.82, 2.24) is 10.3 Å². The van der Waals surface area contributed by atoms with Crippen LogP contribution in [0.15, 0.2) is 5.38 Å². The molecule has 6 nitrogen and oxygen atoms in total. The van der Waals surface area contributed by atoms with Crippen molar-refractivity contribution in [2.45, 2.75) is 58.0 Å². The first-order valence-electron chi connectivity index (χ1n) is 7.74. The van der Waals surface area contributed by atoms with Crippen LogP contribution in [-0.4, -0.2) is 28.9 Å². The zero-order valence-corrected chi connectivity index (χ0v) is 13.9. The van der Waals surface area contributed by atoms with Crippen LogP contribution < -0.4 is 16.4 Å². The van der Waals surface area contributed by atoms with E-state index in [1.807, 2.05) is 19.2 Å². The zero-order valence-electron chi connectivity index (χ0n) is 13.1. The summed E-state index contributed by atoms with van der Waals surface area (Å²) in [6.45, 7) is 3.65. The molecule has 1 aromatic heterocycles. The van der Waals surface area contributed by atoms with Gasteiger partial charge in [-0.15, -0.1) is 11.3 Å². The summed E-state index contributed by atoms with van der Waals surface area (Å²) in [4.78, 5) is 27.9. The lowest BCUT2D eigenvalue weighted by atomic mass is 9.92. The quantitative estimate of drug-likeness (QED) is 0.767. The number of amides is 2. The van der Waals surface area contributed by atoms with Crippen LogP contribution in [0.25, 0.3) is 0 Å². The maximum Gasteiger partial charge on any atom is 0.228 e. The van der Waals surface area contributed by atoms with E-state index >= 15 is 0 Å². The van der Waals surface area contributed by atoms with Crippen LogP contribution in [0.1, 0.15) is 45.2 Å². The molecule has 0 saturated heterocycles. The average molecular weight is 324 g/mol.